The largest absolute Gasteiger partial charge is 0.541 e. The maximum absolute atomic E-state index is 12.8. The minimum atomic E-state index is -5.73. The molecule has 2 aromatic rings. The summed E-state index contributed by atoms with van der Waals surface area (Å²) in [7, 11) is -11.4. The molecule has 1 aliphatic heterocycles. The molecule has 0 aliphatic carbocycles. The molecular formula is C16H25N5O16P2. The van der Waals surface area contributed by atoms with Crippen LogP contribution in [0.25, 0.3) is 11.2 Å². The van der Waals surface area contributed by atoms with E-state index in [1.54, 1.807) is 0 Å². The van der Waals surface area contributed by atoms with Gasteiger partial charge >= 0.3 is 21.6 Å². The molecule has 9 atom stereocenters. The molecule has 0 amide bonds. The number of phosphoric acid groups is 2. The van der Waals surface area contributed by atoms with Gasteiger partial charge in [0.2, 0.25) is 0 Å². The first kappa shape index (κ1) is 31.3. The van der Waals surface area contributed by atoms with Crippen molar-refractivity contribution in [1.29, 1.82) is 0 Å². The molecule has 0 bridgehead atoms. The van der Waals surface area contributed by atoms with Gasteiger partial charge in [-0.25, -0.2) is 28.9 Å². The number of imidazole rings is 1. The van der Waals surface area contributed by atoms with E-state index in [4.69, 9.17) is 29.9 Å². The number of rotatable bonds is 12. The lowest BCUT2D eigenvalue weighted by atomic mass is 10.0. The van der Waals surface area contributed by atoms with Crippen LogP contribution in [0.1, 0.15) is 6.23 Å². The van der Waals surface area contributed by atoms with Gasteiger partial charge in [0.15, 0.2) is 23.8 Å². The third-order valence-corrected chi connectivity index (χ3v) is 7.82. The second-order valence-electron chi connectivity index (χ2n) is 8.03. The first-order chi connectivity index (χ1) is 18.1. The van der Waals surface area contributed by atoms with Crippen LogP contribution in [0.3, 0.4) is 0 Å². The highest BCUT2D eigenvalue weighted by molar-refractivity contribution is 7.61. The fourth-order valence-electron chi connectivity index (χ4n) is 3.34. The van der Waals surface area contributed by atoms with Crippen LogP contribution in [0.15, 0.2) is 12.7 Å². The predicted octanol–water partition coefficient (Wildman–Crippen LogP) is -4.76. The van der Waals surface area contributed by atoms with E-state index < -0.39 is 83.8 Å². The van der Waals surface area contributed by atoms with Gasteiger partial charge in [-0.3, -0.25) is 9.09 Å². The third-order valence-electron chi connectivity index (χ3n) is 5.30. The Morgan fingerprint density at radius 3 is 2.38 bits per heavy atom. The van der Waals surface area contributed by atoms with E-state index in [1.165, 1.54) is 0 Å². The van der Waals surface area contributed by atoms with E-state index in [9.17, 15) is 44.6 Å². The molecule has 11 N–H and O–H groups in total. The van der Waals surface area contributed by atoms with Crippen molar-refractivity contribution in [2.45, 2.75) is 49.0 Å². The zero-order valence-corrected chi connectivity index (χ0v) is 21.1. The van der Waals surface area contributed by atoms with Crippen molar-refractivity contribution in [2.75, 3.05) is 18.9 Å². The monoisotopic (exact) mass is 605 g/mol. The molecule has 3 rings (SSSR count). The topological polar surface area (TPSA) is 340 Å². The summed E-state index contributed by atoms with van der Waals surface area (Å²) in [4.78, 5) is 41.9. The summed E-state index contributed by atoms with van der Waals surface area (Å²) in [6.07, 6.45) is -13.9. The number of hydrogen-bond donors (Lipinski definition) is 10. The van der Waals surface area contributed by atoms with Crippen molar-refractivity contribution in [2.24, 2.45) is 0 Å². The Balaban J connectivity index is 1.75. The van der Waals surface area contributed by atoms with Gasteiger partial charge in [0, 0.05) is 0 Å². The average molecular weight is 605 g/mol. The Bertz CT molecular complexity index is 1260. The maximum Gasteiger partial charge on any atom is 0.541 e. The van der Waals surface area contributed by atoms with Crippen LogP contribution in [-0.4, -0.2) is 127 Å². The minimum absolute atomic E-state index is 0.00490. The first-order valence-electron chi connectivity index (χ1n) is 10.6. The zero-order valence-electron chi connectivity index (χ0n) is 19.3. The SMILES string of the molecule is Nc1ncnc2c1ncn2[C@@H]1O[C@H](COP(=O)(OC(=O)[C@H](O)[C@@H](O)[C@H](O)[C@H](O)CO)OP(=O)(O)O)C(O)C1O. The molecule has 0 spiro atoms. The van der Waals surface area contributed by atoms with Gasteiger partial charge in [0.1, 0.15) is 48.5 Å². The fraction of sp³-hybridized carbons (Fsp3) is 0.625. The van der Waals surface area contributed by atoms with E-state index in [-0.39, 0.29) is 17.0 Å². The Morgan fingerprint density at radius 1 is 1.10 bits per heavy atom. The molecule has 3 unspecified atom stereocenters. The molecule has 2 aromatic heterocycles. The fourth-order valence-corrected chi connectivity index (χ4v) is 5.42. The normalized spacial score (nSPS) is 26.6. The Morgan fingerprint density at radius 2 is 1.77 bits per heavy atom. The molecule has 23 heteroatoms. The zero-order chi connectivity index (χ0) is 29.3. The number of fused-ring (bicyclic) bond motifs is 1. The van der Waals surface area contributed by atoms with Crippen LogP contribution < -0.4 is 5.73 Å². The molecule has 21 nitrogen and oxygen atoms in total. The number of ether oxygens (including phenoxy) is 1. The van der Waals surface area contributed by atoms with Crippen molar-refractivity contribution >= 4 is 38.6 Å². The van der Waals surface area contributed by atoms with Crippen LogP contribution in [0.5, 0.6) is 0 Å². The first-order valence-corrected chi connectivity index (χ1v) is 13.6. The van der Waals surface area contributed by atoms with Crippen LogP contribution in [0.4, 0.5) is 5.82 Å². The Hall–Kier alpha value is -2.20. The predicted molar refractivity (Wildman–Crippen MR) is 120 cm³/mol. The number of phosphoric ester groups is 1. The number of anilines is 1. The number of aliphatic hydroxyl groups is 7. The summed E-state index contributed by atoms with van der Waals surface area (Å²) in [5, 5.41) is 68.1. The van der Waals surface area contributed by atoms with Gasteiger partial charge in [0.25, 0.3) is 0 Å². The number of carbonyl (C=O) groups is 1. The van der Waals surface area contributed by atoms with E-state index in [2.05, 4.69) is 23.8 Å². The van der Waals surface area contributed by atoms with Gasteiger partial charge in [-0.05, 0) is 0 Å². The smallest absolute Gasteiger partial charge is 0.394 e. The molecule has 0 aromatic carbocycles. The Kier molecular flexibility index (Phi) is 9.74. The molecule has 220 valence electrons. The van der Waals surface area contributed by atoms with Crippen LogP contribution >= 0.6 is 15.6 Å². The summed E-state index contributed by atoms with van der Waals surface area (Å²) in [5.74, 6) is -2.11. The summed E-state index contributed by atoms with van der Waals surface area (Å²) < 4.78 is 43.6. The third kappa shape index (κ3) is 7.12. The van der Waals surface area contributed by atoms with Gasteiger partial charge in [0.05, 0.1) is 19.5 Å². The highest BCUT2D eigenvalue weighted by Crippen LogP contribution is 2.61. The van der Waals surface area contributed by atoms with Gasteiger partial charge in [-0.15, -0.1) is 0 Å². The Labute approximate surface area is 216 Å². The average Bonchev–Trinajstić information content (AvgIpc) is 3.41. The lowest BCUT2D eigenvalue weighted by molar-refractivity contribution is -0.163. The lowest BCUT2D eigenvalue weighted by Crippen LogP contribution is -2.49. The summed E-state index contributed by atoms with van der Waals surface area (Å²) >= 11 is 0. The highest BCUT2D eigenvalue weighted by atomic mass is 31.3. The molecule has 39 heavy (non-hydrogen) atoms. The second-order valence-corrected chi connectivity index (χ2v) is 11.0. The number of nitrogens with zero attached hydrogens (tertiary/aromatic N) is 4. The molecular weight excluding hydrogens is 580 g/mol. The van der Waals surface area contributed by atoms with Crippen LogP contribution in [0.2, 0.25) is 0 Å². The molecule has 0 radical (unpaired) electrons. The summed E-state index contributed by atoms with van der Waals surface area (Å²) in [5.41, 5.74) is 5.92. The molecule has 1 saturated heterocycles. The van der Waals surface area contributed by atoms with E-state index in [0.29, 0.717) is 0 Å². The summed E-state index contributed by atoms with van der Waals surface area (Å²) in [6, 6.07) is 0. The van der Waals surface area contributed by atoms with Crippen molar-refractivity contribution in [3.8, 4) is 0 Å². The van der Waals surface area contributed by atoms with Crippen LogP contribution in [0, 0.1) is 0 Å². The highest BCUT2D eigenvalue weighted by Gasteiger charge is 2.48. The van der Waals surface area contributed by atoms with Gasteiger partial charge in [-0.1, -0.05) is 0 Å². The number of nitrogen functional groups attached to an aromatic ring is 1. The van der Waals surface area contributed by atoms with Crippen molar-refractivity contribution in [1.82, 2.24) is 19.5 Å². The molecule has 3 heterocycles. The van der Waals surface area contributed by atoms with Gasteiger partial charge in [-0.2, -0.15) is 4.31 Å². The minimum Gasteiger partial charge on any atom is -0.394 e. The van der Waals surface area contributed by atoms with E-state index >= 15 is 0 Å². The standard InChI is InChI=1S/C16H25N5O16P2/c17-13-7-14(19-3-18-13)21(4-20-7)15-11(27)9(25)6(35-15)2-34-39(33,37-38(30,31)32)36-16(29)12(28)10(26)8(24)5(23)1-22/h3-6,8-12,15,22-28H,1-2H2,(H2,17,18,19)(H2,30,31,32)/t5-,6-,8-,9?,10+,11?,12-,15-,39?/m1/s1. The van der Waals surface area contributed by atoms with E-state index in [0.717, 1.165) is 17.2 Å². The molecule has 1 aliphatic rings. The van der Waals surface area contributed by atoms with Crippen molar-refractivity contribution < 1.29 is 77.6 Å². The number of aliphatic hydroxyl groups excluding tert-OH is 7. The van der Waals surface area contributed by atoms with E-state index in [1.807, 2.05) is 0 Å². The van der Waals surface area contributed by atoms with Gasteiger partial charge < -0.3 is 60.5 Å². The number of hydrogen-bond acceptors (Lipinski definition) is 18. The summed E-state index contributed by atoms with van der Waals surface area (Å²) in [6.45, 7) is -2.21. The maximum atomic E-state index is 12.8. The number of aromatic nitrogens is 4. The quantitative estimate of drug-likeness (QED) is 0.101. The van der Waals surface area contributed by atoms with Crippen molar-refractivity contribution in [3.05, 3.63) is 12.7 Å². The molecule has 0 saturated carbocycles. The number of nitrogens with two attached hydrogens (primary N) is 1. The van der Waals surface area contributed by atoms with Crippen LogP contribution in [-0.2, 0) is 32.0 Å². The lowest BCUT2D eigenvalue weighted by Gasteiger charge is -2.26. The van der Waals surface area contributed by atoms with Crippen molar-refractivity contribution in [3.63, 3.8) is 0 Å². The second kappa shape index (κ2) is 12.1. The number of carbonyl (C=O) groups excluding carboxylic acids is 1. The molecule has 1 fully saturated rings.